The highest BCUT2D eigenvalue weighted by Gasteiger charge is 2.14. The molecule has 0 fully saturated rings. The maximum Gasteiger partial charge on any atom is 0.143 e. The Morgan fingerprint density at radius 2 is 2.31 bits per heavy atom. The van der Waals surface area contributed by atoms with Crippen molar-refractivity contribution in [2.45, 2.75) is 6.10 Å². The molecule has 5 heteroatoms. The third-order valence-corrected chi connectivity index (χ3v) is 2.04. The lowest BCUT2D eigenvalue weighted by Gasteiger charge is -2.10. The standard InChI is InChI=1S/C8H9Cl2NO2/c1-13-6-2-3-7(10)11-8(6)5(12)4-9/h2-3,5,12H,4H2,1H3/t5-/m1/s1. The quantitative estimate of drug-likeness (QED) is 0.628. The van der Waals surface area contributed by atoms with Crippen molar-refractivity contribution in [2.75, 3.05) is 13.0 Å². The normalized spacial score (nSPS) is 12.6. The monoisotopic (exact) mass is 221 g/mol. The molecule has 3 nitrogen and oxygen atoms in total. The summed E-state index contributed by atoms with van der Waals surface area (Å²) in [6.07, 6.45) is -0.852. The molecule has 0 bridgehead atoms. The lowest BCUT2D eigenvalue weighted by molar-refractivity contribution is 0.192. The molecule has 1 aromatic heterocycles. The summed E-state index contributed by atoms with van der Waals surface area (Å²) >= 11 is 11.1. The maximum atomic E-state index is 9.43. The van der Waals surface area contributed by atoms with Gasteiger partial charge in [0.25, 0.3) is 0 Å². The minimum Gasteiger partial charge on any atom is -0.495 e. The highest BCUT2D eigenvalue weighted by Crippen LogP contribution is 2.25. The van der Waals surface area contributed by atoms with Crippen LogP contribution in [0.4, 0.5) is 0 Å². The number of methoxy groups -OCH3 is 1. The van der Waals surface area contributed by atoms with Gasteiger partial charge in [-0.1, -0.05) is 11.6 Å². The van der Waals surface area contributed by atoms with E-state index in [4.69, 9.17) is 27.9 Å². The first kappa shape index (κ1) is 10.6. The third-order valence-electron chi connectivity index (χ3n) is 1.53. The van der Waals surface area contributed by atoms with E-state index in [-0.39, 0.29) is 5.88 Å². The van der Waals surface area contributed by atoms with Crippen LogP contribution >= 0.6 is 23.2 Å². The smallest absolute Gasteiger partial charge is 0.143 e. The molecule has 1 N–H and O–H groups in total. The Morgan fingerprint density at radius 1 is 1.62 bits per heavy atom. The van der Waals surface area contributed by atoms with Crippen molar-refractivity contribution < 1.29 is 9.84 Å². The van der Waals surface area contributed by atoms with Crippen molar-refractivity contribution in [3.05, 3.63) is 23.0 Å². The Morgan fingerprint density at radius 3 is 2.85 bits per heavy atom. The van der Waals surface area contributed by atoms with Gasteiger partial charge < -0.3 is 9.84 Å². The zero-order valence-corrected chi connectivity index (χ0v) is 8.51. The molecule has 0 saturated heterocycles. The van der Waals surface area contributed by atoms with E-state index in [0.717, 1.165) is 0 Å². The number of nitrogens with zero attached hydrogens (tertiary/aromatic N) is 1. The number of hydrogen-bond acceptors (Lipinski definition) is 3. The summed E-state index contributed by atoms with van der Waals surface area (Å²) in [5.41, 5.74) is 0.366. The number of alkyl halides is 1. The second-order valence-electron chi connectivity index (χ2n) is 2.39. The van der Waals surface area contributed by atoms with Gasteiger partial charge in [-0.3, -0.25) is 0 Å². The van der Waals surface area contributed by atoms with E-state index in [9.17, 15) is 5.11 Å². The summed E-state index contributed by atoms with van der Waals surface area (Å²) < 4.78 is 4.98. The van der Waals surface area contributed by atoms with E-state index in [1.165, 1.54) is 7.11 Å². The van der Waals surface area contributed by atoms with E-state index in [0.29, 0.717) is 16.6 Å². The largest absolute Gasteiger partial charge is 0.495 e. The first-order chi connectivity index (χ1) is 6.19. The fourth-order valence-corrected chi connectivity index (χ4v) is 1.22. The van der Waals surface area contributed by atoms with Gasteiger partial charge in [0.05, 0.1) is 13.0 Å². The van der Waals surface area contributed by atoms with Crippen LogP contribution in [-0.4, -0.2) is 23.1 Å². The molecule has 0 spiro atoms. The molecule has 0 aliphatic carbocycles. The summed E-state index contributed by atoms with van der Waals surface area (Å²) in [4.78, 5) is 3.92. The molecule has 1 aromatic rings. The number of halogens is 2. The highest BCUT2D eigenvalue weighted by molar-refractivity contribution is 6.29. The number of aromatic nitrogens is 1. The van der Waals surface area contributed by atoms with Gasteiger partial charge >= 0.3 is 0 Å². The van der Waals surface area contributed by atoms with Crippen LogP contribution in [0.15, 0.2) is 12.1 Å². The van der Waals surface area contributed by atoms with Gasteiger partial charge in [0.15, 0.2) is 0 Å². The second kappa shape index (κ2) is 4.65. The van der Waals surface area contributed by atoms with Crippen LogP contribution in [0, 0.1) is 0 Å². The predicted molar refractivity (Wildman–Crippen MR) is 51.5 cm³/mol. The second-order valence-corrected chi connectivity index (χ2v) is 3.09. The fourth-order valence-electron chi connectivity index (χ4n) is 0.922. The fraction of sp³-hybridized carbons (Fsp3) is 0.375. The zero-order chi connectivity index (χ0) is 9.84. The highest BCUT2D eigenvalue weighted by atomic mass is 35.5. The van der Waals surface area contributed by atoms with Crippen LogP contribution in [0.1, 0.15) is 11.8 Å². The molecule has 13 heavy (non-hydrogen) atoms. The topological polar surface area (TPSA) is 42.4 Å². The first-order valence-electron chi connectivity index (χ1n) is 3.63. The molecule has 1 rings (SSSR count). The molecule has 0 unspecified atom stereocenters. The van der Waals surface area contributed by atoms with Gasteiger partial charge in [-0.25, -0.2) is 4.98 Å². The Bertz CT molecular complexity index is 293. The molecular formula is C8H9Cl2NO2. The number of aliphatic hydroxyl groups is 1. The Balaban J connectivity index is 3.07. The van der Waals surface area contributed by atoms with Crippen LogP contribution in [0.3, 0.4) is 0 Å². The average molecular weight is 222 g/mol. The van der Waals surface area contributed by atoms with Crippen molar-refractivity contribution in [3.63, 3.8) is 0 Å². The summed E-state index contributed by atoms with van der Waals surface area (Å²) in [6.45, 7) is 0. The van der Waals surface area contributed by atoms with Crippen molar-refractivity contribution in [1.82, 2.24) is 4.98 Å². The average Bonchev–Trinajstić information content (AvgIpc) is 2.16. The molecule has 1 atom stereocenters. The number of hydrogen-bond donors (Lipinski definition) is 1. The van der Waals surface area contributed by atoms with E-state index < -0.39 is 6.10 Å². The molecule has 0 aliphatic rings. The molecule has 0 radical (unpaired) electrons. The van der Waals surface area contributed by atoms with Crippen LogP contribution < -0.4 is 4.74 Å². The maximum absolute atomic E-state index is 9.43. The molecule has 0 saturated carbocycles. The third kappa shape index (κ3) is 2.46. The molecule has 0 aromatic carbocycles. The van der Waals surface area contributed by atoms with Crippen molar-refractivity contribution in [2.24, 2.45) is 0 Å². The zero-order valence-electron chi connectivity index (χ0n) is 7.00. The number of rotatable bonds is 3. The van der Waals surface area contributed by atoms with Gasteiger partial charge in [0.1, 0.15) is 22.7 Å². The summed E-state index contributed by atoms with van der Waals surface area (Å²) in [6, 6.07) is 3.23. The lowest BCUT2D eigenvalue weighted by Crippen LogP contribution is -2.04. The first-order valence-corrected chi connectivity index (χ1v) is 4.54. The lowest BCUT2D eigenvalue weighted by atomic mass is 10.2. The van der Waals surface area contributed by atoms with Gasteiger partial charge in [0, 0.05) is 0 Å². The van der Waals surface area contributed by atoms with Crippen molar-refractivity contribution in [1.29, 1.82) is 0 Å². The minimum atomic E-state index is -0.852. The van der Waals surface area contributed by atoms with E-state index in [1.807, 2.05) is 0 Å². The van der Waals surface area contributed by atoms with Gasteiger partial charge in [-0.15, -0.1) is 11.6 Å². The summed E-state index contributed by atoms with van der Waals surface area (Å²) in [5.74, 6) is 0.543. The Labute approximate surface area is 86.3 Å². The molecular weight excluding hydrogens is 213 g/mol. The van der Waals surface area contributed by atoms with Crippen molar-refractivity contribution in [3.8, 4) is 5.75 Å². The predicted octanol–water partition coefficient (Wildman–Crippen LogP) is 2.02. The van der Waals surface area contributed by atoms with Crippen LogP contribution in [0.5, 0.6) is 5.75 Å². The van der Waals surface area contributed by atoms with E-state index in [2.05, 4.69) is 4.98 Å². The van der Waals surface area contributed by atoms with E-state index >= 15 is 0 Å². The van der Waals surface area contributed by atoms with Gasteiger partial charge in [-0.05, 0) is 12.1 Å². The van der Waals surface area contributed by atoms with E-state index in [1.54, 1.807) is 12.1 Å². The molecule has 0 amide bonds. The number of ether oxygens (including phenoxy) is 1. The molecule has 1 heterocycles. The summed E-state index contributed by atoms with van der Waals surface area (Å²) in [7, 11) is 1.50. The number of pyridine rings is 1. The van der Waals surface area contributed by atoms with Crippen molar-refractivity contribution >= 4 is 23.2 Å². The SMILES string of the molecule is COc1ccc(Cl)nc1[C@H](O)CCl. The Hall–Kier alpha value is -0.510. The summed E-state index contributed by atoms with van der Waals surface area (Å²) in [5, 5.41) is 9.74. The van der Waals surface area contributed by atoms with Crippen LogP contribution in [-0.2, 0) is 0 Å². The van der Waals surface area contributed by atoms with Gasteiger partial charge in [0.2, 0.25) is 0 Å². The van der Waals surface area contributed by atoms with Gasteiger partial charge in [-0.2, -0.15) is 0 Å². The molecule has 72 valence electrons. The number of aliphatic hydroxyl groups excluding tert-OH is 1. The Kier molecular flexibility index (Phi) is 3.78. The van der Waals surface area contributed by atoms with Crippen LogP contribution in [0.25, 0.3) is 0 Å². The molecule has 0 aliphatic heterocycles. The van der Waals surface area contributed by atoms with Crippen LogP contribution in [0.2, 0.25) is 5.15 Å². The minimum absolute atomic E-state index is 0.0592.